The van der Waals surface area contributed by atoms with Gasteiger partial charge in [-0.25, -0.2) is 9.97 Å². The third-order valence-corrected chi connectivity index (χ3v) is 3.69. The molecular formula is C15H25Cl2N3. The van der Waals surface area contributed by atoms with E-state index < -0.39 is 0 Å². The molecule has 0 aromatic carbocycles. The average molecular weight is 318 g/mol. The molecule has 1 aromatic rings. The normalized spacial score (nSPS) is 14.6. The second-order valence-corrected chi connectivity index (χ2v) is 5.44. The first-order chi connectivity index (χ1) is 9.54. The van der Waals surface area contributed by atoms with Crippen LogP contribution in [0.4, 0.5) is 5.82 Å². The topological polar surface area (TPSA) is 51.8 Å². The van der Waals surface area contributed by atoms with Crippen LogP contribution in [-0.4, -0.2) is 9.97 Å². The van der Waals surface area contributed by atoms with Crippen LogP contribution in [0.15, 0.2) is 13.2 Å². The Hall–Kier alpha value is -0.800. The van der Waals surface area contributed by atoms with Crippen LogP contribution in [0, 0.1) is 5.92 Å². The van der Waals surface area contributed by atoms with Crippen LogP contribution in [0.2, 0.25) is 10.4 Å². The van der Waals surface area contributed by atoms with E-state index in [4.69, 9.17) is 28.9 Å². The minimum atomic E-state index is 0.0877. The molecule has 0 aliphatic heterocycles. The maximum Gasteiger partial charge on any atom is 0.225 e. The maximum atomic E-state index is 5.72. The average Bonchev–Trinajstić information content (AvgIpc) is 2.42. The smallest absolute Gasteiger partial charge is 0.225 e. The van der Waals surface area contributed by atoms with Crippen molar-refractivity contribution in [3.63, 3.8) is 0 Å². The van der Waals surface area contributed by atoms with Gasteiger partial charge < -0.3 is 5.73 Å². The molecule has 1 aromatic heterocycles. The van der Waals surface area contributed by atoms with Gasteiger partial charge >= 0.3 is 0 Å². The number of halogens is 2. The summed E-state index contributed by atoms with van der Waals surface area (Å²) in [6.07, 6.45) is 8.15. The molecular weight excluding hydrogens is 293 g/mol. The Kier molecular flexibility index (Phi) is 10.5. The summed E-state index contributed by atoms with van der Waals surface area (Å²) in [6, 6.07) is 0. The van der Waals surface area contributed by atoms with Gasteiger partial charge in [-0.1, -0.05) is 57.6 Å². The Morgan fingerprint density at radius 1 is 1.15 bits per heavy atom. The molecule has 1 aliphatic carbocycles. The molecule has 2 rings (SSSR count). The molecule has 0 bridgehead atoms. The van der Waals surface area contributed by atoms with E-state index >= 15 is 0 Å². The first-order valence-electron chi connectivity index (χ1n) is 7.02. The first-order valence-corrected chi connectivity index (χ1v) is 7.77. The second kappa shape index (κ2) is 10.9. The molecule has 0 amide bonds. The Morgan fingerprint density at radius 2 is 1.70 bits per heavy atom. The Bertz CT molecular complexity index is 368. The molecule has 3 nitrogen and oxygen atoms in total. The number of nitrogens with two attached hydrogens (primary N) is 1. The van der Waals surface area contributed by atoms with E-state index in [-0.39, 0.29) is 5.28 Å². The molecule has 2 N–H and O–H groups in total. The van der Waals surface area contributed by atoms with Gasteiger partial charge in [-0.3, -0.25) is 0 Å². The highest BCUT2D eigenvalue weighted by Crippen LogP contribution is 2.22. The molecule has 114 valence electrons. The predicted molar refractivity (Wildman–Crippen MR) is 89.3 cm³/mol. The minimum absolute atomic E-state index is 0.0877. The SMILES string of the molecule is C=C.CC1CCCCC1.CCc1c(N)nc(Cl)nc1Cl. The van der Waals surface area contributed by atoms with E-state index in [0.29, 0.717) is 17.4 Å². The summed E-state index contributed by atoms with van der Waals surface area (Å²) in [7, 11) is 0. The Balaban J connectivity index is 0.000000345. The van der Waals surface area contributed by atoms with E-state index in [9.17, 15) is 0 Å². The molecule has 0 radical (unpaired) electrons. The number of hydrogen-bond acceptors (Lipinski definition) is 3. The van der Waals surface area contributed by atoms with Gasteiger partial charge in [0.25, 0.3) is 0 Å². The second-order valence-electron chi connectivity index (χ2n) is 4.74. The van der Waals surface area contributed by atoms with Crippen LogP contribution in [-0.2, 0) is 6.42 Å². The summed E-state index contributed by atoms with van der Waals surface area (Å²) in [5, 5.41) is 0.426. The first kappa shape index (κ1) is 19.2. The zero-order chi connectivity index (χ0) is 15.5. The predicted octanol–water partition coefficient (Wildman–Crippen LogP) is 5.32. The van der Waals surface area contributed by atoms with Gasteiger partial charge in [0, 0.05) is 5.56 Å². The lowest BCUT2D eigenvalue weighted by Crippen LogP contribution is -2.00. The summed E-state index contributed by atoms with van der Waals surface area (Å²) in [6.45, 7) is 10.3. The molecule has 1 fully saturated rings. The highest BCUT2D eigenvalue weighted by molar-refractivity contribution is 6.32. The highest BCUT2D eigenvalue weighted by Gasteiger charge is 2.07. The number of rotatable bonds is 1. The molecule has 0 atom stereocenters. The van der Waals surface area contributed by atoms with Gasteiger partial charge in [0.15, 0.2) is 0 Å². The number of nitrogens with zero attached hydrogens (tertiary/aromatic N) is 2. The van der Waals surface area contributed by atoms with Gasteiger partial charge in [-0.2, -0.15) is 0 Å². The molecule has 1 aliphatic rings. The highest BCUT2D eigenvalue weighted by atomic mass is 35.5. The molecule has 5 heteroatoms. The van der Waals surface area contributed by atoms with E-state index in [1.807, 2.05) is 6.92 Å². The summed E-state index contributed by atoms with van der Waals surface area (Å²) >= 11 is 11.2. The van der Waals surface area contributed by atoms with Crippen LogP contribution in [0.3, 0.4) is 0 Å². The number of nitrogen functional groups attached to an aromatic ring is 1. The van der Waals surface area contributed by atoms with Crippen molar-refractivity contribution in [1.82, 2.24) is 9.97 Å². The van der Waals surface area contributed by atoms with Crippen molar-refractivity contribution < 1.29 is 0 Å². The monoisotopic (exact) mass is 317 g/mol. The summed E-state index contributed by atoms with van der Waals surface area (Å²) < 4.78 is 0. The van der Waals surface area contributed by atoms with Gasteiger partial charge in [0.2, 0.25) is 5.28 Å². The van der Waals surface area contributed by atoms with E-state index in [0.717, 1.165) is 11.5 Å². The molecule has 1 heterocycles. The number of anilines is 1. The van der Waals surface area contributed by atoms with Crippen molar-refractivity contribution in [2.45, 2.75) is 52.4 Å². The van der Waals surface area contributed by atoms with Gasteiger partial charge in [-0.05, 0) is 23.9 Å². The van der Waals surface area contributed by atoms with Gasteiger partial charge in [0.05, 0.1) is 0 Å². The van der Waals surface area contributed by atoms with Crippen molar-refractivity contribution in [1.29, 1.82) is 0 Å². The fourth-order valence-electron chi connectivity index (χ4n) is 2.08. The van der Waals surface area contributed by atoms with E-state index in [2.05, 4.69) is 30.0 Å². The van der Waals surface area contributed by atoms with Crippen LogP contribution in [0.1, 0.15) is 51.5 Å². The Labute approximate surface area is 132 Å². The molecule has 1 saturated carbocycles. The standard InChI is InChI=1S/C7H14.C6H7Cl2N3.C2H4/c1-7-5-3-2-4-6-7;1-2-3-4(7)10-6(8)11-5(3)9;1-2/h7H,2-6H2,1H3;2H2,1H3,(H2,9,10,11);1-2H2. The largest absolute Gasteiger partial charge is 0.383 e. The molecule has 0 spiro atoms. The van der Waals surface area contributed by atoms with E-state index in [1.54, 1.807) is 0 Å². The van der Waals surface area contributed by atoms with Crippen molar-refractivity contribution in [2.75, 3.05) is 5.73 Å². The fraction of sp³-hybridized carbons (Fsp3) is 0.600. The quantitative estimate of drug-likeness (QED) is 0.433. The molecule has 0 saturated heterocycles. The minimum Gasteiger partial charge on any atom is -0.383 e. The van der Waals surface area contributed by atoms with Crippen molar-refractivity contribution in [3.05, 3.63) is 29.2 Å². The van der Waals surface area contributed by atoms with Crippen LogP contribution in [0.5, 0.6) is 0 Å². The van der Waals surface area contributed by atoms with Crippen molar-refractivity contribution >= 4 is 29.0 Å². The lowest BCUT2D eigenvalue weighted by Gasteiger charge is -2.15. The fourth-order valence-corrected chi connectivity index (χ4v) is 2.61. The number of hydrogen-bond donors (Lipinski definition) is 1. The van der Waals surface area contributed by atoms with E-state index in [1.165, 1.54) is 32.1 Å². The summed E-state index contributed by atoms with van der Waals surface area (Å²) in [4.78, 5) is 7.50. The zero-order valence-corrected chi connectivity index (χ0v) is 14.0. The van der Waals surface area contributed by atoms with Crippen LogP contribution < -0.4 is 5.73 Å². The third-order valence-electron chi connectivity index (χ3n) is 3.21. The molecule has 20 heavy (non-hydrogen) atoms. The lowest BCUT2D eigenvalue weighted by molar-refractivity contribution is 0.385. The third kappa shape index (κ3) is 7.11. The van der Waals surface area contributed by atoms with Crippen molar-refractivity contribution in [3.8, 4) is 0 Å². The van der Waals surface area contributed by atoms with Crippen LogP contribution >= 0.6 is 23.2 Å². The Morgan fingerprint density at radius 3 is 2.05 bits per heavy atom. The maximum absolute atomic E-state index is 5.72. The van der Waals surface area contributed by atoms with Crippen molar-refractivity contribution in [2.24, 2.45) is 5.92 Å². The summed E-state index contributed by atoms with van der Waals surface area (Å²) in [5.41, 5.74) is 6.26. The summed E-state index contributed by atoms with van der Waals surface area (Å²) in [5.74, 6) is 1.39. The van der Waals surface area contributed by atoms with Gasteiger partial charge in [-0.15, -0.1) is 13.2 Å². The van der Waals surface area contributed by atoms with Gasteiger partial charge in [0.1, 0.15) is 11.0 Å². The zero-order valence-electron chi connectivity index (χ0n) is 12.5. The lowest BCUT2D eigenvalue weighted by atomic mass is 9.91. The van der Waals surface area contributed by atoms with Crippen LogP contribution in [0.25, 0.3) is 0 Å². The number of aromatic nitrogens is 2. The molecule has 0 unspecified atom stereocenters.